The SMILES string of the molecule is CCOc1ccc(N([C@H](CC)C(=O)NCc2ccc(OC(C)C)cc2)S(C)(=O)=O)cc1. The summed E-state index contributed by atoms with van der Waals surface area (Å²) in [6.07, 6.45) is 1.51. The highest BCUT2D eigenvalue weighted by molar-refractivity contribution is 7.92. The molecule has 2 aromatic rings. The van der Waals surface area contributed by atoms with Gasteiger partial charge in [0.1, 0.15) is 17.5 Å². The second kappa shape index (κ2) is 11.0. The molecule has 1 N–H and O–H groups in total. The van der Waals surface area contributed by atoms with Crippen molar-refractivity contribution in [2.24, 2.45) is 0 Å². The van der Waals surface area contributed by atoms with Gasteiger partial charge in [0.2, 0.25) is 15.9 Å². The van der Waals surface area contributed by atoms with Crippen LogP contribution >= 0.6 is 0 Å². The first-order valence-electron chi connectivity index (χ1n) is 10.4. The Morgan fingerprint density at radius 3 is 2.06 bits per heavy atom. The van der Waals surface area contributed by atoms with E-state index in [2.05, 4.69) is 5.32 Å². The molecule has 0 saturated heterocycles. The van der Waals surface area contributed by atoms with Gasteiger partial charge in [0.15, 0.2) is 0 Å². The molecular weight excluding hydrogens is 416 g/mol. The third kappa shape index (κ3) is 7.17. The van der Waals surface area contributed by atoms with E-state index in [9.17, 15) is 13.2 Å². The van der Waals surface area contributed by atoms with Crippen molar-refractivity contribution in [3.05, 3.63) is 54.1 Å². The van der Waals surface area contributed by atoms with E-state index in [1.54, 1.807) is 31.2 Å². The third-order valence-corrected chi connectivity index (χ3v) is 5.67. The summed E-state index contributed by atoms with van der Waals surface area (Å²) >= 11 is 0. The summed E-state index contributed by atoms with van der Waals surface area (Å²) in [7, 11) is -3.68. The number of sulfonamides is 1. The molecular formula is C23H32N2O5S. The number of hydrogen-bond donors (Lipinski definition) is 1. The number of nitrogens with zero attached hydrogens (tertiary/aromatic N) is 1. The molecule has 31 heavy (non-hydrogen) atoms. The molecule has 2 rings (SSSR count). The van der Waals surface area contributed by atoms with Gasteiger partial charge in [0, 0.05) is 6.54 Å². The van der Waals surface area contributed by atoms with Gasteiger partial charge in [-0.3, -0.25) is 9.10 Å². The number of nitrogens with one attached hydrogen (secondary N) is 1. The predicted molar refractivity (Wildman–Crippen MR) is 123 cm³/mol. The van der Waals surface area contributed by atoms with E-state index >= 15 is 0 Å². The van der Waals surface area contributed by atoms with Gasteiger partial charge in [0.25, 0.3) is 0 Å². The molecule has 1 atom stereocenters. The Kier molecular flexibility index (Phi) is 8.74. The first-order valence-corrected chi connectivity index (χ1v) is 12.3. The molecule has 8 heteroatoms. The van der Waals surface area contributed by atoms with Crippen molar-refractivity contribution < 1.29 is 22.7 Å². The number of carbonyl (C=O) groups is 1. The van der Waals surface area contributed by atoms with Crippen LogP contribution in [0.4, 0.5) is 5.69 Å². The van der Waals surface area contributed by atoms with Crippen molar-refractivity contribution in [2.45, 2.75) is 52.8 Å². The van der Waals surface area contributed by atoms with Crippen molar-refractivity contribution in [2.75, 3.05) is 17.2 Å². The maximum absolute atomic E-state index is 12.9. The smallest absolute Gasteiger partial charge is 0.244 e. The first-order chi connectivity index (χ1) is 14.7. The van der Waals surface area contributed by atoms with E-state index in [1.807, 2.05) is 45.0 Å². The van der Waals surface area contributed by atoms with Gasteiger partial charge in [-0.1, -0.05) is 19.1 Å². The molecule has 0 aliphatic rings. The molecule has 0 unspecified atom stereocenters. The number of amides is 1. The second-order valence-corrected chi connectivity index (χ2v) is 9.30. The van der Waals surface area contributed by atoms with Crippen molar-refractivity contribution >= 4 is 21.6 Å². The zero-order valence-corrected chi connectivity index (χ0v) is 19.6. The molecule has 170 valence electrons. The van der Waals surface area contributed by atoms with E-state index in [1.165, 1.54) is 0 Å². The average molecular weight is 449 g/mol. The molecule has 0 heterocycles. The van der Waals surface area contributed by atoms with Crippen LogP contribution in [-0.2, 0) is 21.4 Å². The molecule has 7 nitrogen and oxygen atoms in total. The molecule has 0 aliphatic carbocycles. The fraction of sp³-hybridized carbons (Fsp3) is 0.435. The van der Waals surface area contributed by atoms with E-state index in [4.69, 9.17) is 9.47 Å². The summed E-state index contributed by atoms with van der Waals surface area (Å²) < 4.78 is 37.3. The molecule has 0 fully saturated rings. The Labute approximate surface area is 185 Å². The largest absolute Gasteiger partial charge is 0.494 e. The molecule has 0 radical (unpaired) electrons. The summed E-state index contributed by atoms with van der Waals surface area (Å²) in [5.41, 5.74) is 1.31. The fourth-order valence-electron chi connectivity index (χ4n) is 3.18. The molecule has 1 amide bonds. The highest BCUT2D eigenvalue weighted by atomic mass is 32.2. The lowest BCUT2D eigenvalue weighted by Crippen LogP contribution is -2.49. The van der Waals surface area contributed by atoms with Crippen molar-refractivity contribution in [1.82, 2.24) is 5.32 Å². The topological polar surface area (TPSA) is 84.9 Å². The van der Waals surface area contributed by atoms with Crippen LogP contribution in [0.5, 0.6) is 11.5 Å². The lowest BCUT2D eigenvalue weighted by atomic mass is 10.1. The highest BCUT2D eigenvalue weighted by Gasteiger charge is 2.31. The Bertz CT molecular complexity index is 941. The average Bonchev–Trinajstić information content (AvgIpc) is 2.71. The summed E-state index contributed by atoms with van der Waals surface area (Å²) in [4.78, 5) is 12.9. The van der Waals surface area contributed by atoms with Gasteiger partial charge in [-0.25, -0.2) is 8.42 Å². The Morgan fingerprint density at radius 2 is 1.58 bits per heavy atom. The van der Waals surface area contributed by atoms with Gasteiger partial charge in [-0.2, -0.15) is 0 Å². The number of rotatable bonds is 11. The second-order valence-electron chi connectivity index (χ2n) is 7.44. The Morgan fingerprint density at radius 1 is 1.00 bits per heavy atom. The van der Waals surface area contributed by atoms with Crippen LogP contribution in [0.1, 0.15) is 39.7 Å². The summed E-state index contributed by atoms with van der Waals surface area (Å²) in [5.74, 6) is 1.04. The summed E-state index contributed by atoms with van der Waals surface area (Å²) in [6, 6.07) is 13.3. The number of hydrogen-bond acceptors (Lipinski definition) is 5. The van der Waals surface area contributed by atoms with Gasteiger partial charge < -0.3 is 14.8 Å². The summed E-state index contributed by atoms with van der Waals surface area (Å²) in [6.45, 7) is 8.37. The van der Waals surface area contributed by atoms with Crippen LogP contribution in [-0.4, -0.2) is 39.3 Å². The minimum Gasteiger partial charge on any atom is -0.494 e. The van der Waals surface area contributed by atoms with E-state index in [0.29, 0.717) is 24.5 Å². The quantitative estimate of drug-likeness (QED) is 0.566. The highest BCUT2D eigenvalue weighted by Crippen LogP contribution is 2.25. The van der Waals surface area contributed by atoms with Crippen LogP contribution in [0.2, 0.25) is 0 Å². The van der Waals surface area contributed by atoms with Gasteiger partial charge >= 0.3 is 0 Å². The normalized spacial score (nSPS) is 12.3. The van der Waals surface area contributed by atoms with Crippen molar-refractivity contribution in [3.8, 4) is 11.5 Å². The van der Waals surface area contributed by atoms with Gasteiger partial charge in [0.05, 0.1) is 24.7 Å². The van der Waals surface area contributed by atoms with Gasteiger partial charge in [-0.05, 0) is 69.2 Å². The number of anilines is 1. The van der Waals surface area contributed by atoms with Crippen molar-refractivity contribution in [1.29, 1.82) is 0 Å². The minimum absolute atomic E-state index is 0.0837. The molecule has 2 aromatic carbocycles. The van der Waals surface area contributed by atoms with Gasteiger partial charge in [-0.15, -0.1) is 0 Å². The number of carbonyl (C=O) groups excluding carboxylic acids is 1. The van der Waals surface area contributed by atoms with E-state index in [0.717, 1.165) is 21.9 Å². The first kappa shape index (κ1) is 24.5. The Hall–Kier alpha value is -2.74. The van der Waals surface area contributed by atoms with Crippen LogP contribution in [0.3, 0.4) is 0 Å². The predicted octanol–water partition coefficient (Wildman–Crippen LogP) is 3.73. The maximum atomic E-state index is 12.9. The lowest BCUT2D eigenvalue weighted by molar-refractivity contribution is -0.122. The maximum Gasteiger partial charge on any atom is 0.244 e. The zero-order valence-electron chi connectivity index (χ0n) is 18.8. The van der Waals surface area contributed by atoms with Crippen LogP contribution in [0.25, 0.3) is 0 Å². The molecule has 0 aromatic heterocycles. The van der Waals surface area contributed by atoms with Crippen LogP contribution < -0.4 is 19.1 Å². The zero-order chi connectivity index (χ0) is 23.0. The number of benzene rings is 2. The standard InChI is InChI=1S/C23H32N2O5S/c1-6-22(23(26)24-16-18-8-12-21(13-9-18)30-17(3)4)25(31(5,27)28)19-10-14-20(15-11-19)29-7-2/h8-15,17,22H,6-7,16H2,1-5H3,(H,24,26)/t22-/m1/s1. The van der Waals surface area contributed by atoms with E-state index in [-0.39, 0.29) is 18.6 Å². The van der Waals surface area contributed by atoms with Crippen molar-refractivity contribution in [3.63, 3.8) is 0 Å². The minimum atomic E-state index is -3.68. The monoisotopic (exact) mass is 448 g/mol. The third-order valence-electron chi connectivity index (χ3n) is 4.49. The number of ether oxygens (including phenoxy) is 2. The van der Waals surface area contributed by atoms with Crippen LogP contribution in [0.15, 0.2) is 48.5 Å². The molecule has 0 aliphatic heterocycles. The summed E-state index contributed by atoms with van der Waals surface area (Å²) in [5, 5.41) is 2.85. The fourth-order valence-corrected chi connectivity index (χ4v) is 4.39. The lowest BCUT2D eigenvalue weighted by Gasteiger charge is -2.30. The molecule has 0 bridgehead atoms. The van der Waals surface area contributed by atoms with E-state index < -0.39 is 16.1 Å². The molecule has 0 saturated carbocycles. The Balaban J connectivity index is 2.14. The molecule has 0 spiro atoms. The van der Waals surface area contributed by atoms with Crippen LogP contribution in [0, 0.1) is 0 Å².